The maximum Gasteiger partial charge on any atom is 0.227 e. The Labute approximate surface area is 143 Å². The molecule has 0 bridgehead atoms. The van der Waals surface area contributed by atoms with E-state index in [1.54, 1.807) is 22.2 Å². The summed E-state index contributed by atoms with van der Waals surface area (Å²) in [5.41, 5.74) is 2.29. The van der Waals surface area contributed by atoms with E-state index < -0.39 is 0 Å². The number of aliphatic hydroxyl groups excluding tert-OH is 1. The molecule has 2 N–H and O–H groups in total. The van der Waals surface area contributed by atoms with Gasteiger partial charge in [0.2, 0.25) is 5.95 Å². The van der Waals surface area contributed by atoms with Gasteiger partial charge in [0, 0.05) is 11.4 Å². The summed E-state index contributed by atoms with van der Waals surface area (Å²) >= 11 is 1.78. The van der Waals surface area contributed by atoms with Crippen molar-refractivity contribution in [3.63, 3.8) is 0 Å². The average molecular weight is 347 g/mol. The van der Waals surface area contributed by atoms with Gasteiger partial charge in [0.25, 0.3) is 0 Å². The van der Waals surface area contributed by atoms with Crippen LogP contribution in [0.3, 0.4) is 0 Å². The molecule has 7 nitrogen and oxygen atoms in total. The Bertz CT molecular complexity index is 859. The zero-order valence-corrected chi connectivity index (χ0v) is 14.5. The Morgan fingerprint density at radius 2 is 2.38 bits per heavy atom. The number of fused-ring (bicyclic) bond motifs is 5. The highest BCUT2D eigenvalue weighted by Gasteiger charge is 2.24. The molecule has 0 saturated heterocycles. The molecule has 1 aliphatic carbocycles. The first kappa shape index (κ1) is 15.7. The van der Waals surface area contributed by atoms with E-state index in [1.165, 1.54) is 22.2 Å². The van der Waals surface area contributed by atoms with E-state index in [1.807, 2.05) is 0 Å². The van der Waals surface area contributed by atoms with Crippen LogP contribution >= 0.6 is 11.3 Å². The second-order valence-corrected chi connectivity index (χ2v) is 7.31. The number of hydrogen-bond acceptors (Lipinski definition) is 7. The van der Waals surface area contributed by atoms with E-state index in [0.29, 0.717) is 31.6 Å². The van der Waals surface area contributed by atoms with Gasteiger partial charge >= 0.3 is 0 Å². The Balaban J connectivity index is 1.69. The summed E-state index contributed by atoms with van der Waals surface area (Å²) in [5.74, 6) is 1.40. The lowest BCUT2D eigenvalue weighted by molar-refractivity contribution is 0.0991. The molecule has 0 amide bonds. The molecule has 0 aromatic carbocycles. The van der Waals surface area contributed by atoms with Crippen molar-refractivity contribution < 1.29 is 9.84 Å². The third kappa shape index (κ3) is 2.74. The molecule has 128 valence electrons. The first-order chi connectivity index (χ1) is 11.8. The van der Waals surface area contributed by atoms with Crippen LogP contribution in [-0.2, 0) is 17.6 Å². The maximum atomic E-state index is 8.73. The lowest BCUT2D eigenvalue weighted by Crippen LogP contribution is -2.15. The smallest absolute Gasteiger partial charge is 0.227 e. The van der Waals surface area contributed by atoms with Gasteiger partial charge in [0.1, 0.15) is 11.2 Å². The molecule has 8 heteroatoms. The SMILES string of the molecule is C[C@H]1CCc2sc3nc(NCCOCCO)n4ncnc4c3c2C1. The minimum atomic E-state index is 0.0384. The summed E-state index contributed by atoms with van der Waals surface area (Å²) < 4.78 is 7.06. The van der Waals surface area contributed by atoms with E-state index >= 15 is 0 Å². The normalized spacial score (nSPS) is 17.5. The van der Waals surface area contributed by atoms with Gasteiger partial charge in [-0.05, 0) is 30.7 Å². The summed E-state index contributed by atoms with van der Waals surface area (Å²) in [7, 11) is 0. The topological polar surface area (TPSA) is 84.6 Å². The summed E-state index contributed by atoms with van der Waals surface area (Å²) in [6.07, 6.45) is 5.06. The van der Waals surface area contributed by atoms with E-state index in [2.05, 4.69) is 22.3 Å². The van der Waals surface area contributed by atoms with Crippen LogP contribution < -0.4 is 5.32 Å². The third-order valence-corrected chi connectivity index (χ3v) is 5.62. The van der Waals surface area contributed by atoms with Gasteiger partial charge in [0.15, 0.2) is 5.65 Å². The lowest BCUT2D eigenvalue weighted by atomic mass is 9.89. The predicted octanol–water partition coefficient (Wildman–Crippen LogP) is 1.88. The molecule has 3 aromatic heterocycles. The fourth-order valence-corrected chi connectivity index (χ4v) is 4.49. The highest BCUT2D eigenvalue weighted by atomic mass is 32.1. The fraction of sp³-hybridized carbons (Fsp3) is 0.562. The van der Waals surface area contributed by atoms with Crippen LogP contribution in [0, 0.1) is 5.92 Å². The highest BCUT2D eigenvalue weighted by molar-refractivity contribution is 7.19. The second-order valence-electron chi connectivity index (χ2n) is 6.23. The quantitative estimate of drug-likeness (QED) is 0.663. The number of hydrogen-bond donors (Lipinski definition) is 2. The van der Waals surface area contributed by atoms with Crippen molar-refractivity contribution in [1.29, 1.82) is 0 Å². The van der Waals surface area contributed by atoms with Crippen LogP contribution in [-0.4, -0.2) is 51.1 Å². The number of aliphatic hydroxyl groups is 1. The average Bonchev–Trinajstić information content (AvgIpc) is 3.18. The molecule has 24 heavy (non-hydrogen) atoms. The molecule has 0 unspecified atom stereocenters. The number of anilines is 1. The highest BCUT2D eigenvalue weighted by Crippen LogP contribution is 2.39. The number of nitrogens with zero attached hydrogens (tertiary/aromatic N) is 4. The van der Waals surface area contributed by atoms with E-state index in [9.17, 15) is 0 Å². The largest absolute Gasteiger partial charge is 0.394 e. The van der Waals surface area contributed by atoms with Crippen LogP contribution in [0.1, 0.15) is 23.8 Å². The monoisotopic (exact) mass is 347 g/mol. The number of aromatic nitrogens is 4. The zero-order chi connectivity index (χ0) is 16.5. The van der Waals surface area contributed by atoms with Gasteiger partial charge in [-0.1, -0.05) is 6.92 Å². The van der Waals surface area contributed by atoms with Crippen molar-refractivity contribution in [2.24, 2.45) is 5.92 Å². The van der Waals surface area contributed by atoms with Crippen molar-refractivity contribution in [1.82, 2.24) is 19.6 Å². The van der Waals surface area contributed by atoms with Crippen molar-refractivity contribution >= 4 is 33.1 Å². The van der Waals surface area contributed by atoms with Gasteiger partial charge in [-0.2, -0.15) is 9.61 Å². The maximum absolute atomic E-state index is 8.73. The Morgan fingerprint density at radius 3 is 3.25 bits per heavy atom. The third-order valence-electron chi connectivity index (χ3n) is 4.43. The molecular weight excluding hydrogens is 326 g/mol. The molecule has 0 aliphatic heterocycles. The summed E-state index contributed by atoms with van der Waals surface area (Å²) in [5, 5.41) is 17.5. The standard InChI is InChI=1S/C16H21N5O2S/c1-10-2-3-12-11(8-10)13-14-18-9-19-21(14)16(20-15(13)24-12)17-4-6-23-7-5-22/h9-10,22H,2-8H2,1H3,(H,17,20)/t10-/m0/s1. The van der Waals surface area contributed by atoms with E-state index in [-0.39, 0.29) is 6.61 Å². The van der Waals surface area contributed by atoms with Crippen LogP contribution in [0.2, 0.25) is 0 Å². The van der Waals surface area contributed by atoms with Crippen molar-refractivity contribution in [2.75, 3.05) is 31.7 Å². The van der Waals surface area contributed by atoms with Crippen molar-refractivity contribution in [2.45, 2.75) is 26.2 Å². The molecular formula is C16H21N5O2S. The molecule has 1 aliphatic rings. The summed E-state index contributed by atoms with van der Waals surface area (Å²) in [6.45, 7) is 3.81. The first-order valence-electron chi connectivity index (χ1n) is 8.34. The number of rotatable bonds is 6. The van der Waals surface area contributed by atoms with Crippen LogP contribution in [0.25, 0.3) is 15.9 Å². The minimum absolute atomic E-state index is 0.0384. The van der Waals surface area contributed by atoms with Gasteiger partial charge in [0.05, 0.1) is 25.2 Å². The zero-order valence-electron chi connectivity index (χ0n) is 13.7. The Morgan fingerprint density at radius 1 is 1.46 bits per heavy atom. The van der Waals surface area contributed by atoms with Crippen LogP contribution in [0.5, 0.6) is 0 Å². The number of thiophene rings is 1. The fourth-order valence-electron chi connectivity index (χ4n) is 3.28. The number of aryl methyl sites for hydroxylation is 1. The summed E-state index contributed by atoms with van der Waals surface area (Å²) in [4.78, 5) is 11.8. The molecule has 3 aromatic rings. The number of ether oxygens (including phenoxy) is 1. The molecule has 0 saturated carbocycles. The lowest BCUT2D eigenvalue weighted by Gasteiger charge is -2.17. The molecule has 1 atom stereocenters. The van der Waals surface area contributed by atoms with Gasteiger partial charge in [-0.15, -0.1) is 11.3 Å². The minimum Gasteiger partial charge on any atom is -0.394 e. The van der Waals surface area contributed by atoms with E-state index in [0.717, 1.165) is 23.3 Å². The molecule has 4 rings (SSSR count). The van der Waals surface area contributed by atoms with Gasteiger partial charge in [-0.3, -0.25) is 0 Å². The van der Waals surface area contributed by atoms with Gasteiger partial charge < -0.3 is 15.2 Å². The van der Waals surface area contributed by atoms with Crippen molar-refractivity contribution in [3.05, 3.63) is 16.8 Å². The van der Waals surface area contributed by atoms with Crippen LogP contribution in [0.4, 0.5) is 5.95 Å². The van der Waals surface area contributed by atoms with Gasteiger partial charge in [-0.25, -0.2) is 9.97 Å². The predicted molar refractivity (Wildman–Crippen MR) is 93.7 cm³/mol. The molecule has 0 spiro atoms. The number of nitrogens with one attached hydrogen (secondary N) is 1. The first-order valence-corrected chi connectivity index (χ1v) is 9.16. The van der Waals surface area contributed by atoms with E-state index in [4.69, 9.17) is 14.8 Å². The molecule has 0 fully saturated rings. The Kier molecular flexibility index (Phi) is 4.34. The molecule has 0 radical (unpaired) electrons. The van der Waals surface area contributed by atoms with Crippen LogP contribution in [0.15, 0.2) is 6.33 Å². The van der Waals surface area contributed by atoms with Crippen molar-refractivity contribution in [3.8, 4) is 0 Å². The second kappa shape index (κ2) is 6.62. The Hall–Kier alpha value is -1.77. The molecule has 3 heterocycles. The summed E-state index contributed by atoms with van der Waals surface area (Å²) in [6, 6.07) is 0.